The zero-order chi connectivity index (χ0) is 15.8. The molecule has 1 aromatic heterocycles. The molecule has 6 heteroatoms. The third-order valence-corrected chi connectivity index (χ3v) is 4.33. The molecular weight excluding hydrogens is 288 g/mol. The second kappa shape index (κ2) is 5.27. The first-order valence-electron chi connectivity index (χ1n) is 6.64. The topological polar surface area (TPSA) is 72.2 Å². The van der Waals surface area contributed by atoms with Crippen LogP contribution >= 0.6 is 0 Å². The summed E-state index contributed by atoms with van der Waals surface area (Å²) < 4.78 is 24.8. The average molecular weight is 308 g/mol. The average Bonchev–Trinajstić information content (AvgIpc) is 2.82. The first-order chi connectivity index (χ1) is 9.63. The minimum Gasteiger partial charge on any atom is -0.390 e. The molecule has 0 aliphatic rings. The van der Waals surface area contributed by atoms with E-state index in [0.717, 1.165) is 11.4 Å². The van der Waals surface area contributed by atoms with Crippen LogP contribution in [0.25, 0.3) is 5.69 Å². The Morgan fingerprint density at radius 2 is 1.76 bits per heavy atom. The van der Waals surface area contributed by atoms with Crippen molar-refractivity contribution in [3.8, 4) is 5.69 Å². The summed E-state index contributed by atoms with van der Waals surface area (Å²) in [5.41, 5.74) is 2.17. The number of benzene rings is 1. The van der Waals surface area contributed by atoms with Crippen molar-refractivity contribution in [3.63, 3.8) is 0 Å². The lowest BCUT2D eigenvalue weighted by Gasteiger charge is -2.20. The fourth-order valence-electron chi connectivity index (χ4n) is 2.07. The monoisotopic (exact) mass is 308 g/mol. The molecule has 0 spiro atoms. The Morgan fingerprint density at radius 1 is 1.19 bits per heavy atom. The molecule has 0 unspecified atom stereocenters. The molecule has 0 bridgehead atoms. The lowest BCUT2D eigenvalue weighted by molar-refractivity contribution is 0.276. The summed E-state index contributed by atoms with van der Waals surface area (Å²) in [5, 5.41) is 13.7. The van der Waals surface area contributed by atoms with Crippen molar-refractivity contribution in [2.75, 3.05) is 6.26 Å². The van der Waals surface area contributed by atoms with E-state index in [1.807, 2.05) is 6.07 Å². The maximum atomic E-state index is 11.5. The van der Waals surface area contributed by atoms with Crippen LogP contribution in [0.1, 0.15) is 32.2 Å². The summed E-state index contributed by atoms with van der Waals surface area (Å²) in [6.45, 7) is 6.06. The lowest BCUT2D eigenvalue weighted by atomic mass is 9.91. The van der Waals surface area contributed by atoms with Gasteiger partial charge in [0.1, 0.15) is 0 Å². The second-order valence-corrected chi connectivity index (χ2v) is 8.12. The third-order valence-electron chi connectivity index (χ3n) is 3.20. The predicted octanol–water partition coefficient (Wildman–Crippen LogP) is 2.07. The summed E-state index contributed by atoms with van der Waals surface area (Å²) in [4.78, 5) is 0.276. The van der Waals surface area contributed by atoms with Crippen LogP contribution in [0.3, 0.4) is 0 Å². The highest BCUT2D eigenvalue weighted by atomic mass is 32.2. The van der Waals surface area contributed by atoms with E-state index in [2.05, 4.69) is 25.9 Å². The molecule has 0 saturated carbocycles. The fourth-order valence-corrected chi connectivity index (χ4v) is 2.70. The number of nitrogens with zero attached hydrogens (tertiary/aromatic N) is 2. The molecule has 0 aliphatic carbocycles. The van der Waals surface area contributed by atoms with Crippen molar-refractivity contribution in [1.82, 2.24) is 9.78 Å². The summed E-state index contributed by atoms with van der Waals surface area (Å²) in [7, 11) is -3.21. The van der Waals surface area contributed by atoms with Crippen LogP contribution in [0.2, 0.25) is 0 Å². The van der Waals surface area contributed by atoms with Gasteiger partial charge in [0.2, 0.25) is 0 Å². The summed E-state index contributed by atoms with van der Waals surface area (Å²) in [6.07, 6.45) is 1.18. The third kappa shape index (κ3) is 3.33. The Balaban J connectivity index is 2.54. The Hall–Kier alpha value is -1.66. The van der Waals surface area contributed by atoms with Crippen LogP contribution in [-0.2, 0) is 21.9 Å². The quantitative estimate of drug-likeness (QED) is 0.942. The first kappa shape index (κ1) is 15.7. The van der Waals surface area contributed by atoms with Gasteiger partial charge in [-0.3, -0.25) is 0 Å². The highest BCUT2D eigenvalue weighted by Gasteiger charge is 2.21. The van der Waals surface area contributed by atoms with E-state index in [0.29, 0.717) is 5.69 Å². The molecule has 5 nitrogen and oxygen atoms in total. The van der Waals surface area contributed by atoms with Crippen molar-refractivity contribution >= 4 is 9.84 Å². The summed E-state index contributed by atoms with van der Waals surface area (Å²) >= 11 is 0. The van der Waals surface area contributed by atoms with Crippen LogP contribution < -0.4 is 0 Å². The van der Waals surface area contributed by atoms with Gasteiger partial charge < -0.3 is 5.11 Å². The molecule has 0 fully saturated rings. The molecule has 1 N–H and O–H groups in total. The Kier molecular flexibility index (Phi) is 3.95. The maximum absolute atomic E-state index is 11.5. The molecule has 114 valence electrons. The van der Waals surface area contributed by atoms with E-state index in [9.17, 15) is 13.5 Å². The molecule has 0 atom stereocenters. The van der Waals surface area contributed by atoms with E-state index in [1.54, 1.807) is 28.9 Å². The van der Waals surface area contributed by atoms with Crippen molar-refractivity contribution in [1.29, 1.82) is 0 Å². The van der Waals surface area contributed by atoms with Gasteiger partial charge >= 0.3 is 0 Å². The number of aromatic nitrogens is 2. The molecule has 1 heterocycles. The Morgan fingerprint density at radius 3 is 2.19 bits per heavy atom. The highest BCUT2D eigenvalue weighted by molar-refractivity contribution is 7.90. The smallest absolute Gasteiger partial charge is 0.175 e. The number of sulfone groups is 1. The highest BCUT2D eigenvalue weighted by Crippen LogP contribution is 2.26. The van der Waals surface area contributed by atoms with Gasteiger partial charge in [0.15, 0.2) is 9.84 Å². The molecule has 0 aliphatic heterocycles. The number of aliphatic hydroxyl groups excluding tert-OH is 1. The largest absolute Gasteiger partial charge is 0.390 e. The van der Waals surface area contributed by atoms with E-state index in [-0.39, 0.29) is 16.9 Å². The number of rotatable bonds is 3. The maximum Gasteiger partial charge on any atom is 0.175 e. The normalized spacial score (nSPS) is 12.6. The van der Waals surface area contributed by atoms with Gasteiger partial charge in [0.05, 0.1) is 22.9 Å². The summed E-state index contributed by atoms with van der Waals surface area (Å²) in [5.74, 6) is 0. The molecule has 0 saturated heterocycles. The van der Waals surface area contributed by atoms with E-state index < -0.39 is 9.84 Å². The molecule has 0 radical (unpaired) electrons. The number of aliphatic hydroxyl groups is 1. The second-order valence-electron chi connectivity index (χ2n) is 6.11. The minimum absolute atomic E-state index is 0.127. The van der Waals surface area contributed by atoms with E-state index in [1.165, 1.54) is 6.26 Å². The van der Waals surface area contributed by atoms with Crippen molar-refractivity contribution in [2.45, 2.75) is 37.7 Å². The minimum atomic E-state index is -3.21. The molecule has 2 rings (SSSR count). The van der Waals surface area contributed by atoms with Gasteiger partial charge in [0.25, 0.3) is 0 Å². The van der Waals surface area contributed by atoms with Crippen LogP contribution in [0, 0.1) is 0 Å². The molecule has 1 aromatic carbocycles. The first-order valence-corrected chi connectivity index (χ1v) is 8.53. The zero-order valence-electron chi connectivity index (χ0n) is 12.7. The van der Waals surface area contributed by atoms with Crippen LogP contribution in [0.4, 0.5) is 0 Å². The lowest BCUT2D eigenvalue weighted by Crippen LogP contribution is -2.17. The Bertz CT molecular complexity index is 738. The van der Waals surface area contributed by atoms with Gasteiger partial charge in [-0.2, -0.15) is 5.10 Å². The van der Waals surface area contributed by atoms with E-state index in [4.69, 9.17) is 0 Å². The van der Waals surface area contributed by atoms with Gasteiger partial charge in [-0.05, 0) is 30.3 Å². The van der Waals surface area contributed by atoms with Gasteiger partial charge in [-0.15, -0.1) is 0 Å². The number of hydrogen-bond donors (Lipinski definition) is 1. The number of hydrogen-bond acceptors (Lipinski definition) is 4. The SMILES string of the molecule is CC(C)(C)c1cc(CO)nn1-c1ccc(S(C)(=O)=O)cc1. The van der Waals surface area contributed by atoms with Gasteiger partial charge in [-0.25, -0.2) is 13.1 Å². The standard InChI is InChI=1S/C15H20N2O3S/c1-15(2,3)14-9-11(10-18)16-17(14)12-5-7-13(8-6-12)21(4,19)20/h5-9,18H,10H2,1-4H3. The van der Waals surface area contributed by atoms with Crippen LogP contribution in [-0.4, -0.2) is 29.6 Å². The van der Waals surface area contributed by atoms with Crippen molar-refractivity contribution in [2.24, 2.45) is 0 Å². The molecular formula is C15H20N2O3S. The van der Waals surface area contributed by atoms with Crippen molar-refractivity contribution in [3.05, 3.63) is 41.7 Å². The predicted molar refractivity (Wildman–Crippen MR) is 81.3 cm³/mol. The van der Waals surface area contributed by atoms with Crippen LogP contribution in [0.15, 0.2) is 35.2 Å². The Labute approximate surface area is 125 Å². The van der Waals surface area contributed by atoms with Crippen LogP contribution in [0.5, 0.6) is 0 Å². The zero-order valence-corrected chi connectivity index (χ0v) is 13.5. The van der Waals surface area contributed by atoms with Crippen molar-refractivity contribution < 1.29 is 13.5 Å². The van der Waals surface area contributed by atoms with Gasteiger partial charge in [-0.1, -0.05) is 20.8 Å². The van der Waals surface area contributed by atoms with E-state index >= 15 is 0 Å². The summed E-state index contributed by atoms with van der Waals surface area (Å²) in [6, 6.07) is 8.44. The van der Waals surface area contributed by atoms with Gasteiger partial charge in [0, 0.05) is 17.4 Å². The molecule has 0 amide bonds. The fraction of sp³-hybridized carbons (Fsp3) is 0.400. The molecule has 2 aromatic rings. The molecule has 21 heavy (non-hydrogen) atoms.